The number of methoxy groups -OCH3 is 1. The summed E-state index contributed by atoms with van der Waals surface area (Å²) in [7, 11) is 1.73. The van der Waals surface area contributed by atoms with Gasteiger partial charge in [-0.2, -0.15) is 0 Å². The van der Waals surface area contributed by atoms with Gasteiger partial charge in [-0.15, -0.1) is 0 Å². The molecule has 3 aliphatic rings. The van der Waals surface area contributed by atoms with Crippen molar-refractivity contribution in [1.29, 1.82) is 0 Å². The summed E-state index contributed by atoms with van der Waals surface area (Å²) < 4.78 is 12.0. The Kier molecular flexibility index (Phi) is 4.39. The van der Waals surface area contributed by atoms with E-state index in [9.17, 15) is 4.79 Å². The lowest BCUT2D eigenvalue weighted by atomic mass is 9.78. The summed E-state index contributed by atoms with van der Waals surface area (Å²) in [6.45, 7) is 2.26. The predicted octanol–water partition coefficient (Wildman–Crippen LogP) is 3.89. The number of fused-ring (bicyclic) bond motifs is 2. The highest BCUT2D eigenvalue weighted by atomic mass is 16.5. The van der Waals surface area contributed by atoms with Gasteiger partial charge in [-0.1, -0.05) is 42.5 Å². The largest absolute Gasteiger partial charge is 0.496 e. The molecule has 2 aromatic rings. The molecule has 0 aromatic heterocycles. The summed E-state index contributed by atoms with van der Waals surface area (Å²) in [6.07, 6.45) is 3.60. The minimum atomic E-state index is -0.306. The van der Waals surface area contributed by atoms with Crippen molar-refractivity contribution in [3.05, 3.63) is 65.2 Å². The molecule has 2 atom stereocenters. The standard InChI is InChI=1S/C24H27NO3/c1-27-21-9-5-8-18-10-15-28-24(22(18)21)11-13-25(14-12-24)23(26)20-16-19(20)17-6-3-2-4-7-17/h2-9,19-20H,10-16H2,1H3/t19-,20+/m0/s1. The Balaban J connectivity index is 1.30. The van der Waals surface area contributed by atoms with Crippen molar-refractivity contribution < 1.29 is 14.3 Å². The van der Waals surface area contributed by atoms with E-state index in [4.69, 9.17) is 9.47 Å². The molecule has 146 valence electrons. The molecule has 1 saturated heterocycles. The van der Waals surface area contributed by atoms with Gasteiger partial charge in [0, 0.05) is 24.6 Å². The van der Waals surface area contributed by atoms with Crippen LogP contribution in [-0.4, -0.2) is 37.6 Å². The highest BCUT2D eigenvalue weighted by Gasteiger charge is 2.49. The van der Waals surface area contributed by atoms with Crippen molar-refractivity contribution in [2.24, 2.45) is 5.92 Å². The molecule has 0 unspecified atom stereocenters. The second-order valence-corrected chi connectivity index (χ2v) is 8.27. The van der Waals surface area contributed by atoms with E-state index in [0.717, 1.165) is 51.1 Å². The van der Waals surface area contributed by atoms with E-state index >= 15 is 0 Å². The molecular weight excluding hydrogens is 350 g/mol. The van der Waals surface area contributed by atoms with Gasteiger partial charge < -0.3 is 14.4 Å². The summed E-state index contributed by atoms with van der Waals surface area (Å²) in [6, 6.07) is 16.7. The average molecular weight is 377 g/mol. The highest BCUT2D eigenvalue weighted by molar-refractivity contribution is 5.83. The maximum Gasteiger partial charge on any atom is 0.226 e. The lowest BCUT2D eigenvalue weighted by molar-refractivity contribution is -0.142. The number of carbonyl (C=O) groups excluding carboxylic acids is 1. The maximum absolute atomic E-state index is 13.0. The Morgan fingerprint density at radius 1 is 1.11 bits per heavy atom. The predicted molar refractivity (Wildman–Crippen MR) is 107 cm³/mol. The summed E-state index contributed by atoms with van der Waals surface area (Å²) in [5.41, 5.74) is 3.53. The third-order valence-electron chi connectivity index (χ3n) is 6.76. The number of amides is 1. The number of rotatable bonds is 3. The van der Waals surface area contributed by atoms with Crippen molar-refractivity contribution in [1.82, 2.24) is 4.90 Å². The first kappa shape index (κ1) is 17.7. The first-order valence-corrected chi connectivity index (χ1v) is 10.4. The first-order valence-electron chi connectivity index (χ1n) is 10.4. The fourth-order valence-electron chi connectivity index (χ4n) is 5.15. The van der Waals surface area contributed by atoms with Crippen molar-refractivity contribution in [2.45, 2.75) is 37.2 Å². The van der Waals surface area contributed by atoms with E-state index in [2.05, 4.69) is 41.3 Å². The molecule has 1 saturated carbocycles. The van der Waals surface area contributed by atoms with Gasteiger partial charge in [0.2, 0.25) is 5.91 Å². The molecule has 2 aliphatic heterocycles. The van der Waals surface area contributed by atoms with Crippen molar-refractivity contribution >= 4 is 5.91 Å². The van der Waals surface area contributed by atoms with Crippen LogP contribution in [-0.2, 0) is 21.6 Å². The van der Waals surface area contributed by atoms with Gasteiger partial charge in [-0.25, -0.2) is 0 Å². The van der Waals surface area contributed by atoms with Crippen LogP contribution in [0.3, 0.4) is 0 Å². The normalized spacial score (nSPS) is 25.2. The van der Waals surface area contributed by atoms with Crippen LogP contribution in [0.1, 0.15) is 41.9 Å². The van der Waals surface area contributed by atoms with Gasteiger partial charge in [0.25, 0.3) is 0 Å². The van der Waals surface area contributed by atoms with Gasteiger partial charge in [-0.3, -0.25) is 4.79 Å². The molecule has 0 radical (unpaired) electrons. The molecule has 28 heavy (non-hydrogen) atoms. The summed E-state index contributed by atoms with van der Waals surface area (Å²) >= 11 is 0. The Labute approximate surface area is 166 Å². The van der Waals surface area contributed by atoms with Gasteiger partial charge in [0.1, 0.15) is 11.4 Å². The van der Waals surface area contributed by atoms with Gasteiger partial charge >= 0.3 is 0 Å². The van der Waals surface area contributed by atoms with Crippen LogP contribution in [0.2, 0.25) is 0 Å². The molecule has 1 spiro atoms. The van der Waals surface area contributed by atoms with E-state index in [1.54, 1.807) is 7.11 Å². The number of benzene rings is 2. The molecule has 0 N–H and O–H groups in total. The van der Waals surface area contributed by atoms with E-state index in [1.165, 1.54) is 16.7 Å². The number of piperidine rings is 1. The van der Waals surface area contributed by atoms with E-state index < -0.39 is 0 Å². The van der Waals surface area contributed by atoms with Crippen LogP contribution in [0.4, 0.5) is 0 Å². The zero-order valence-corrected chi connectivity index (χ0v) is 16.4. The molecule has 0 bridgehead atoms. The Morgan fingerprint density at radius 2 is 1.89 bits per heavy atom. The Bertz CT molecular complexity index is 856. The van der Waals surface area contributed by atoms with E-state index in [-0.39, 0.29) is 11.5 Å². The highest BCUT2D eigenvalue weighted by Crippen LogP contribution is 2.50. The zero-order valence-electron chi connectivity index (χ0n) is 16.4. The van der Waals surface area contributed by atoms with Crippen LogP contribution >= 0.6 is 0 Å². The number of ether oxygens (including phenoxy) is 2. The van der Waals surface area contributed by atoms with Crippen molar-refractivity contribution in [2.75, 3.05) is 26.8 Å². The number of carbonyl (C=O) groups is 1. The molecule has 4 heteroatoms. The quantitative estimate of drug-likeness (QED) is 0.815. The van der Waals surface area contributed by atoms with Gasteiger partial charge in [0.15, 0.2) is 0 Å². The van der Waals surface area contributed by atoms with Crippen molar-refractivity contribution in [3.8, 4) is 5.75 Å². The molecular formula is C24H27NO3. The third-order valence-corrected chi connectivity index (χ3v) is 6.76. The minimum absolute atomic E-state index is 0.158. The lowest BCUT2D eigenvalue weighted by Crippen LogP contribution is -2.49. The molecule has 1 amide bonds. The number of likely N-dealkylation sites (tertiary alicyclic amines) is 1. The number of hydrogen-bond acceptors (Lipinski definition) is 3. The maximum atomic E-state index is 13.0. The SMILES string of the molecule is COc1cccc2c1C1(CCN(C(=O)[C@@H]3C[C@H]3c3ccccc3)CC1)OCC2. The van der Waals surface area contributed by atoms with E-state index in [0.29, 0.717) is 11.8 Å². The van der Waals surface area contributed by atoms with Crippen LogP contribution in [0, 0.1) is 5.92 Å². The summed E-state index contributed by atoms with van der Waals surface area (Å²) in [5, 5.41) is 0. The van der Waals surface area contributed by atoms with E-state index in [1.807, 2.05) is 12.1 Å². The summed E-state index contributed by atoms with van der Waals surface area (Å²) in [5.74, 6) is 1.80. The molecule has 2 heterocycles. The number of hydrogen-bond donors (Lipinski definition) is 0. The van der Waals surface area contributed by atoms with Crippen LogP contribution in [0.25, 0.3) is 0 Å². The van der Waals surface area contributed by atoms with Gasteiger partial charge in [0.05, 0.1) is 13.7 Å². The molecule has 1 aliphatic carbocycles. The van der Waals surface area contributed by atoms with Crippen LogP contribution in [0.15, 0.2) is 48.5 Å². The first-order chi connectivity index (χ1) is 13.7. The lowest BCUT2D eigenvalue weighted by Gasteiger charge is -2.45. The van der Waals surface area contributed by atoms with Crippen molar-refractivity contribution in [3.63, 3.8) is 0 Å². The Morgan fingerprint density at radius 3 is 2.64 bits per heavy atom. The average Bonchev–Trinajstić information content (AvgIpc) is 3.55. The molecule has 5 rings (SSSR count). The van der Waals surface area contributed by atoms with Gasteiger partial charge in [-0.05, 0) is 48.8 Å². The van der Waals surface area contributed by atoms with Crippen LogP contribution in [0.5, 0.6) is 5.75 Å². The molecule has 4 nitrogen and oxygen atoms in total. The summed E-state index contributed by atoms with van der Waals surface area (Å²) in [4.78, 5) is 15.1. The topological polar surface area (TPSA) is 38.8 Å². The fourth-order valence-corrected chi connectivity index (χ4v) is 5.15. The second kappa shape index (κ2) is 6.93. The Hall–Kier alpha value is -2.33. The second-order valence-electron chi connectivity index (χ2n) is 8.27. The fraction of sp³-hybridized carbons (Fsp3) is 0.458. The zero-order chi connectivity index (χ0) is 19.1. The van der Waals surface area contributed by atoms with Crippen LogP contribution < -0.4 is 4.74 Å². The molecule has 2 aromatic carbocycles. The number of nitrogens with zero attached hydrogens (tertiary/aromatic N) is 1. The smallest absolute Gasteiger partial charge is 0.226 e. The monoisotopic (exact) mass is 377 g/mol. The minimum Gasteiger partial charge on any atom is -0.496 e. The third kappa shape index (κ3) is 2.91. The molecule has 2 fully saturated rings.